The summed E-state index contributed by atoms with van der Waals surface area (Å²) in [5.41, 5.74) is 5.73. The number of thiophene rings is 1. The van der Waals surface area contributed by atoms with Gasteiger partial charge in [0.1, 0.15) is 5.75 Å². The van der Waals surface area contributed by atoms with Crippen molar-refractivity contribution in [1.82, 2.24) is 19.9 Å². The van der Waals surface area contributed by atoms with Gasteiger partial charge in [-0.3, -0.25) is 9.88 Å². The Balaban J connectivity index is 1.44. The summed E-state index contributed by atoms with van der Waals surface area (Å²) in [6, 6.07) is 14.3. The van der Waals surface area contributed by atoms with Crippen molar-refractivity contribution in [3.8, 4) is 28.3 Å². The summed E-state index contributed by atoms with van der Waals surface area (Å²) >= 11 is 1.86. The lowest BCUT2D eigenvalue weighted by Gasteiger charge is -2.32. The van der Waals surface area contributed by atoms with Gasteiger partial charge in [-0.15, -0.1) is 11.3 Å². The molecule has 0 unspecified atom stereocenters. The van der Waals surface area contributed by atoms with Gasteiger partial charge in [-0.05, 0) is 79.7 Å². The number of aromatic nitrogens is 3. The van der Waals surface area contributed by atoms with Crippen LogP contribution in [0.4, 0.5) is 0 Å². The molecule has 1 saturated heterocycles. The first-order valence-corrected chi connectivity index (χ1v) is 12.3. The lowest BCUT2D eigenvalue weighted by Crippen LogP contribution is -2.32. The van der Waals surface area contributed by atoms with E-state index in [-0.39, 0.29) is 0 Å². The summed E-state index contributed by atoms with van der Waals surface area (Å²) in [5.74, 6) is 2.00. The van der Waals surface area contributed by atoms with Gasteiger partial charge >= 0.3 is 0 Å². The topological polar surface area (TPSA) is 51.1 Å². The first-order valence-electron chi connectivity index (χ1n) is 11.4. The number of nitrogens with zero attached hydrogens (tertiary/aromatic N) is 4. The third kappa shape index (κ3) is 4.82. The van der Waals surface area contributed by atoms with Crippen LogP contribution in [0.3, 0.4) is 0 Å². The second-order valence-electron chi connectivity index (χ2n) is 8.54. The van der Waals surface area contributed by atoms with E-state index in [2.05, 4.69) is 40.4 Å². The Bertz CT molecular complexity index is 1220. The second-order valence-corrected chi connectivity index (χ2v) is 9.54. The molecule has 0 bridgehead atoms. The van der Waals surface area contributed by atoms with Gasteiger partial charge in [-0.1, -0.05) is 12.1 Å². The molecule has 0 aliphatic carbocycles. The van der Waals surface area contributed by atoms with Crippen molar-refractivity contribution in [3.63, 3.8) is 0 Å². The van der Waals surface area contributed by atoms with Crippen LogP contribution < -0.4 is 4.74 Å². The van der Waals surface area contributed by atoms with Crippen LogP contribution in [-0.4, -0.2) is 40.1 Å². The average Bonchev–Trinajstić information content (AvgIpc) is 3.29. The lowest BCUT2D eigenvalue weighted by molar-refractivity contribution is 0.205. The third-order valence-electron chi connectivity index (χ3n) is 6.45. The highest BCUT2D eigenvalue weighted by molar-refractivity contribution is 7.10. The van der Waals surface area contributed by atoms with Crippen molar-refractivity contribution in [2.45, 2.75) is 32.2 Å². The number of aryl methyl sites for hydroxylation is 1. The number of pyridine rings is 1. The fourth-order valence-corrected chi connectivity index (χ4v) is 5.44. The summed E-state index contributed by atoms with van der Waals surface area (Å²) in [5, 5.41) is 2.19. The largest absolute Gasteiger partial charge is 0.497 e. The molecule has 0 spiro atoms. The van der Waals surface area contributed by atoms with E-state index in [4.69, 9.17) is 14.7 Å². The maximum Gasteiger partial charge on any atom is 0.159 e. The van der Waals surface area contributed by atoms with Crippen molar-refractivity contribution in [2.75, 3.05) is 20.2 Å². The zero-order valence-electron chi connectivity index (χ0n) is 19.1. The molecular weight excluding hydrogens is 428 g/mol. The van der Waals surface area contributed by atoms with Crippen LogP contribution in [0.1, 0.15) is 34.9 Å². The number of hydrogen-bond donors (Lipinski definition) is 0. The van der Waals surface area contributed by atoms with Gasteiger partial charge in [0.2, 0.25) is 0 Å². The van der Waals surface area contributed by atoms with Crippen LogP contribution >= 0.6 is 11.3 Å². The molecule has 3 aromatic heterocycles. The van der Waals surface area contributed by atoms with Crippen LogP contribution in [0.2, 0.25) is 0 Å². The molecule has 5 nitrogen and oxygen atoms in total. The van der Waals surface area contributed by atoms with Gasteiger partial charge < -0.3 is 4.74 Å². The van der Waals surface area contributed by atoms with Crippen LogP contribution in [0.15, 0.2) is 66.4 Å². The molecule has 1 aliphatic rings. The molecule has 0 radical (unpaired) electrons. The van der Waals surface area contributed by atoms with Crippen molar-refractivity contribution in [3.05, 3.63) is 82.6 Å². The molecule has 0 N–H and O–H groups in total. The number of methoxy groups -OCH3 is 1. The lowest BCUT2D eigenvalue weighted by atomic mass is 9.88. The van der Waals surface area contributed by atoms with Crippen molar-refractivity contribution < 1.29 is 4.74 Å². The average molecular weight is 457 g/mol. The number of ether oxygens (including phenoxy) is 1. The summed E-state index contributed by atoms with van der Waals surface area (Å²) in [6.45, 7) is 5.41. The smallest absolute Gasteiger partial charge is 0.159 e. The first kappa shape index (κ1) is 21.7. The normalized spacial score (nSPS) is 15.0. The van der Waals surface area contributed by atoms with E-state index in [1.165, 1.54) is 10.4 Å². The molecule has 168 valence electrons. The molecule has 33 heavy (non-hydrogen) atoms. The van der Waals surface area contributed by atoms with Crippen LogP contribution in [-0.2, 0) is 6.54 Å². The van der Waals surface area contributed by atoms with E-state index >= 15 is 0 Å². The summed E-state index contributed by atoms with van der Waals surface area (Å²) in [6.07, 6.45) is 7.75. The first-order chi connectivity index (χ1) is 16.2. The molecule has 0 atom stereocenters. The zero-order valence-corrected chi connectivity index (χ0v) is 19.9. The van der Waals surface area contributed by atoms with Gasteiger partial charge in [-0.2, -0.15) is 0 Å². The monoisotopic (exact) mass is 456 g/mol. The van der Waals surface area contributed by atoms with E-state index in [9.17, 15) is 0 Å². The number of piperidine rings is 1. The highest BCUT2D eigenvalue weighted by Crippen LogP contribution is 2.36. The molecule has 1 aliphatic heterocycles. The van der Waals surface area contributed by atoms with Crippen LogP contribution in [0.25, 0.3) is 22.5 Å². The quantitative estimate of drug-likeness (QED) is 0.358. The zero-order chi connectivity index (χ0) is 22.6. The molecule has 4 aromatic rings. The summed E-state index contributed by atoms with van der Waals surface area (Å²) in [7, 11) is 1.70. The Morgan fingerprint density at radius 1 is 1.06 bits per heavy atom. The standard InChI is InChI=1S/C27H28N4OS/c1-19-10-15-33-25(19)18-31-13-8-20(9-14-31)26-24(22-4-3-5-23(16-22)32-2)17-29-27(30-26)21-6-11-28-12-7-21/h3-7,10-12,15-17,20H,8-9,13-14,18H2,1-2H3. The summed E-state index contributed by atoms with van der Waals surface area (Å²) in [4.78, 5) is 18.0. The maximum absolute atomic E-state index is 5.47. The fraction of sp³-hybridized carbons (Fsp3) is 0.296. The van der Waals surface area contributed by atoms with E-state index in [0.717, 1.165) is 66.4 Å². The molecular formula is C27H28N4OS. The minimum Gasteiger partial charge on any atom is -0.497 e. The van der Waals surface area contributed by atoms with Crippen molar-refractivity contribution in [2.24, 2.45) is 0 Å². The van der Waals surface area contributed by atoms with E-state index < -0.39 is 0 Å². The Labute approximate surface area is 199 Å². The number of likely N-dealkylation sites (tertiary alicyclic amines) is 1. The minimum absolute atomic E-state index is 0.399. The predicted octanol–water partition coefficient (Wildman–Crippen LogP) is 5.96. The highest BCUT2D eigenvalue weighted by atomic mass is 32.1. The molecule has 6 heteroatoms. The van der Waals surface area contributed by atoms with Gasteiger partial charge in [0.25, 0.3) is 0 Å². The Kier molecular flexibility index (Phi) is 6.46. The molecule has 5 rings (SSSR count). The summed E-state index contributed by atoms with van der Waals surface area (Å²) < 4.78 is 5.47. The SMILES string of the molecule is COc1cccc(-c2cnc(-c3ccncc3)nc2C2CCN(Cc3sccc3C)CC2)c1. The molecule has 1 fully saturated rings. The van der Waals surface area contributed by atoms with E-state index in [1.807, 2.05) is 41.8 Å². The predicted molar refractivity (Wildman–Crippen MR) is 134 cm³/mol. The molecule has 1 aromatic carbocycles. The molecule has 0 amide bonds. The minimum atomic E-state index is 0.399. The van der Waals surface area contributed by atoms with Gasteiger partial charge in [0.15, 0.2) is 5.82 Å². The number of rotatable bonds is 6. The van der Waals surface area contributed by atoms with Crippen LogP contribution in [0, 0.1) is 6.92 Å². The van der Waals surface area contributed by atoms with Gasteiger partial charge in [0.05, 0.1) is 12.8 Å². The number of hydrogen-bond acceptors (Lipinski definition) is 6. The van der Waals surface area contributed by atoms with Crippen molar-refractivity contribution >= 4 is 11.3 Å². The van der Waals surface area contributed by atoms with E-state index in [1.54, 1.807) is 19.5 Å². The Morgan fingerprint density at radius 2 is 1.88 bits per heavy atom. The second kappa shape index (κ2) is 9.81. The van der Waals surface area contributed by atoms with Gasteiger partial charge in [0, 0.05) is 47.1 Å². The number of benzene rings is 1. The Hall–Kier alpha value is -3.09. The molecule has 0 saturated carbocycles. The third-order valence-corrected chi connectivity index (χ3v) is 7.45. The van der Waals surface area contributed by atoms with Crippen LogP contribution in [0.5, 0.6) is 5.75 Å². The van der Waals surface area contributed by atoms with Gasteiger partial charge in [-0.25, -0.2) is 9.97 Å². The highest BCUT2D eigenvalue weighted by Gasteiger charge is 2.26. The Morgan fingerprint density at radius 3 is 2.61 bits per heavy atom. The van der Waals surface area contributed by atoms with Crippen molar-refractivity contribution in [1.29, 1.82) is 0 Å². The fourth-order valence-electron chi connectivity index (χ4n) is 4.49. The van der Waals surface area contributed by atoms with E-state index in [0.29, 0.717) is 5.92 Å². The maximum atomic E-state index is 5.47. The molecule has 4 heterocycles.